The van der Waals surface area contributed by atoms with Crippen molar-refractivity contribution in [3.05, 3.63) is 66.0 Å². The quantitative estimate of drug-likeness (QED) is 0.602. The van der Waals surface area contributed by atoms with Gasteiger partial charge in [-0.3, -0.25) is 19.4 Å². The Balaban J connectivity index is 1.76. The predicted molar refractivity (Wildman–Crippen MR) is 101 cm³/mol. The van der Waals surface area contributed by atoms with Gasteiger partial charge in [-0.2, -0.15) is 0 Å². The van der Waals surface area contributed by atoms with Gasteiger partial charge in [0, 0.05) is 50.1 Å². The van der Waals surface area contributed by atoms with E-state index in [2.05, 4.69) is 4.98 Å². The third-order valence-corrected chi connectivity index (χ3v) is 4.86. The van der Waals surface area contributed by atoms with Crippen molar-refractivity contribution in [1.29, 1.82) is 0 Å². The summed E-state index contributed by atoms with van der Waals surface area (Å²) in [5, 5.41) is 0. The molecule has 0 spiro atoms. The summed E-state index contributed by atoms with van der Waals surface area (Å²) in [6, 6.07) is 12.9. The van der Waals surface area contributed by atoms with Gasteiger partial charge in [0.05, 0.1) is 0 Å². The molecule has 27 heavy (non-hydrogen) atoms. The molecule has 0 radical (unpaired) electrons. The Morgan fingerprint density at radius 2 is 1.93 bits per heavy atom. The van der Waals surface area contributed by atoms with Gasteiger partial charge in [-0.25, -0.2) is 0 Å². The molecule has 1 fully saturated rings. The standard InChI is InChI=1S/C21H23N3O3/c1-2-18-15-23(21(27)20(26)17-9-6-11-22-13-17)12-10-19(25)24(18)14-16-7-4-3-5-8-16/h3-9,11,13,18H,2,10,12,14-15H2,1H3/t18-/m0/s1. The van der Waals surface area contributed by atoms with Crippen LogP contribution in [0.4, 0.5) is 0 Å². The summed E-state index contributed by atoms with van der Waals surface area (Å²) in [5.74, 6) is -1.15. The third kappa shape index (κ3) is 4.39. The Kier molecular flexibility index (Phi) is 5.96. The first-order valence-electron chi connectivity index (χ1n) is 9.17. The molecule has 2 aromatic rings. The van der Waals surface area contributed by atoms with Gasteiger partial charge in [0.25, 0.3) is 11.7 Å². The van der Waals surface area contributed by atoms with E-state index in [0.717, 1.165) is 5.56 Å². The number of carbonyl (C=O) groups excluding carboxylic acids is 3. The van der Waals surface area contributed by atoms with Gasteiger partial charge in [0.1, 0.15) is 0 Å². The average Bonchev–Trinajstić information content (AvgIpc) is 2.87. The third-order valence-electron chi connectivity index (χ3n) is 4.86. The van der Waals surface area contributed by atoms with Crippen LogP contribution >= 0.6 is 0 Å². The number of ketones is 1. The second-order valence-electron chi connectivity index (χ2n) is 6.64. The van der Waals surface area contributed by atoms with Gasteiger partial charge in [-0.05, 0) is 24.1 Å². The summed E-state index contributed by atoms with van der Waals surface area (Å²) in [7, 11) is 0. The van der Waals surface area contributed by atoms with Crippen LogP contribution in [0.15, 0.2) is 54.9 Å². The topological polar surface area (TPSA) is 70.6 Å². The highest BCUT2D eigenvalue weighted by atomic mass is 16.2. The Bertz CT molecular complexity index is 808. The van der Waals surface area contributed by atoms with E-state index in [9.17, 15) is 14.4 Å². The average molecular weight is 365 g/mol. The van der Waals surface area contributed by atoms with E-state index in [1.807, 2.05) is 42.2 Å². The van der Waals surface area contributed by atoms with Crippen molar-refractivity contribution >= 4 is 17.6 Å². The molecule has 1 saturated heterocycles. The lowest BCUT2D eigenvalue weighted by Gasteiger charge is -2.31. The van der Waals surface area contributed by atoms with Crippen LogP contribution in [0.25, 0.3) is 0 Å². The zero-order valence-electron chi connectivity index (χ0n) is 15.4. The van der Waals surface area contributed by atoms with Gasteiger partial charge >= 0.3 is 0 Å². The van der Waals surface area contributed by atoms with Gasteiger partial charge in [0.2, 0.25) is 5.91 Å². The minimum Gasteiger partial charge on any atom is -0.334 e. The van der Waals surface area contributed by atoms with E-state index in [1.54, 1.807) is 18.3 Å². The highest BCUT2D eigenvalue weighted by molar-refractivity contribution is 6.42. The summed E-state index contributed by atoms with van der Waals surface area (Å²) in [5.41, 5.74) is 1.32. The number of pyridine rings is 1. The number of benzene rings is 1. The fourth-order valence-electron chi connectivity index (χ4n) is 3.32. The van der Waals surface area contributed by atoms with Gasteiger partial charge in [0.15, 0.2) is 0 Å². The van der Waals surface area contributed by atoms with Crippen LogP contribution in [0.3, 0.4) is 0 Å². The predicted octanol–water partition coefficient (Wildman–Crippen LogP) is 2.30. The number of hydrogen-bond acceptors (Lipinski definition) is 4. The van der Waals surface area contributed by atoms with Crippen LogP contribution in [0, 0.1) is 0 Å². The maximum atomic E-state index is 12.7. The number of Topliss-reactive ketones (excluding diaryl/α,β-unsaturated/α-hetero) is 1. The maximum absolute atomic E-state index is 12.7. The maximum Gasteiger partial charge on any atom is 0.295 e. The number of nitrogens with zero attached hydrogens (tertiary/aromatic N) is 3. The Morgan fingerprint density at radius 1 is 1.15 bits per heavy atom. The second-order valence-corrected chi connectivity index (χ2v) is 6.64. The summed E-state index contributed by atoms with van der Waals surface area (Å²) in [6.45, 7) is 3.12. The molecule has 6 heteroatoms. The van der Waals surface area contributed by atoms with E-state index in [-0.39, 0.29) is 30.5 Å². The second kappa shape index (κ2) is 8.58. The molecule has 1 aliphatic rings. The zero-order chi connectivity index (χ0) is 19.2. The molecule has 1 aromatic heterocycles. The van der Waals surface area contributed by atoms with Crippen molar-refractivity contribution in [2.24, 2.45) is 0 Å². The highest BCUT2D eigenvalue weighted by Gasteiger charge is 2.33. The number of carbonyl (C=O) groups is 3. The van der Waals surface area contributed by atoms with E-state index in [4.69, 9.17) is 0 Å². The summed E-state index contributed by atoms with van der Waals surface area (Å²) < 4.78 is 0. The molecule has 1 aliphatic heterocycles. The highest BCUT2D eigenvalue weighted by Crippen LogP contribution is 2.18. The van der Waals surface area contributed by atoms with E-state index < -0.39 is 11.7 Å². The number of amides is 2. The first kappa shape index (κ1) is 18.8. The minimum atomic E-state index is -0.582. The van der Waals surface area contributed by atoms with Gasteiger partial charge in [-0.1, -0.05) is 37.3 Å². The molecule has 3 rings (SSSR count). The van der Waals surface area contributed by atoms with Crippen LogP contribution in [0.5, 0.6) is 0 Å². The van der Waals surface area contributed by atoms with Crippen LogP contribution < -0.4 is 0 Å². The van der Waals surface area contributed by atoms with Crippen molar-refractivity contribution < 1.29 is 14.4 Å². The SMILES string of the molecule is CC[C@H]1CN(C(=O)C(=O)c2cccnc2)CCC(=O)N1Cc1ccccc1. The normalized spacial score (nSPS) is 17.5. The molecular formula is C21H23N3O3. The molecule has 0 N–H and O–H groups in total. The molecule has 0 unspecified atom stereocenters. The molecule has 0 saturated carbocycles. The van der Waals surface area contributed by atoms with Gasteiger partial charge in [-0.15, -0.1) is 0 Å². The fraction of sp³-hybridized carbons (Fsp3) is 0.333. The Morgan fingerprint density at radius 3 is 2.59 bits per heavy atom. The number of rotatable bonds is 5. The molecule has 0 aliphatic carbocycles. The lowest BCUT2D eigenvalue weighted by atomic mass is 10.1. The minimum absolute atomic E-state index is 0.00910. The molecule has 6 nitrogen and oxygen atoms in total. The fourth-order valence-corrected chi connectivity index (χ4v) is 3.32. The molecule has 0 bridgehead atoms. The van der Waals surface area contributed by atoms with Crippen LogP contribution in [0.1, 0.15) is 35.7 Å². The first-order valence-corrected chi connectivity index (χ1v) is 9.17. The monoisotopic (exact) mass is 365 g/mol. The molecule has 140 valence electrons. The molecule has 1 aromatic carbocycles. The summed E-state index contributed by atoms with van der Waals surface area (Å²) in [6.07, 6.45) is 3.88. The van der Waals surface area contributed by atoms with Crippen LogP contribution in [0.2, 0.25) is 0 Å². The van der Waals surface area contributed by atoms with Crippen molar-refractivity contribution in [1.82, 2.24) is 14.8 Å². The lowest BCUT2D eigenvalue weighted by molar-refractivity contribution is -0.133. The Labute approximate surface area is 158 Å². The van der Waals surface area contributed by atoms with Crippen molar-refractivity contribution in [2.75, 3.05) is 13.1 Å². The smallest absolute Gasteiger partial charge is 0.295 e. The van der Waals surface area contributed by atoms with Crippen molar-refractivity contribution in [2.45, 2.75) is 32.4 Å². The summed E-state index contributed by atoms with van der Waals surface area (Å²) >= 11 is 0. The van der Waals surface area contributed by atoms with E-state index in [0.29, 0.717) is 19.5 Å². The molecule has 1 atom stereocenters. The van der Waals surface area contributed by atoms with Gasteiger partial charge < -0.3 is 9.80 Å². The molecular weight excluding hydrogens is 342 g/mol. The first-order chi connectivity index (χ1) is 13.1. The van der Waals surface area contributed by atoms with Crippen LogP contribution in [-0.4, -0.2) is 51.5 Å². The number of hydrogen-bond donors (Lipinski definition) is 0. The van der Waals surface area contributed by atoms with Crippen molar-refractivity contribution in [3.8, 4) is 0 Å². The molecule has 2 heterocycles. The molecule has 2 amide bonds. The van der Waals surface area contributed by atoms with E-state index in [1.165, 1.54) is 11.1 Å². The van der Waals surface area contributed by atoms with Crippen molar-refractivity contribution in [3.63, 3.8) is 0 Å². The lowest BCUT2D eigenvalue weighted by Crippen LogP contribution is -2.45. The van der Waals surface area contributed by atoms with E-state index >= 15 is 0 Å². The van der Waals surface area contributed by atoms with Crippen LogP contribution in [-0.2, 0) is 16.1 Å². The largest absolute Gasteiger partial charge is 0.334 e. The zero-order valence-corrected chi connectivity index (χ0v) is 15.4. The summed E-state index contributed by atoms with van der Waals surface area (Å²) in [4.78, 5) is 45.1. The number of aromatic nitrogens is 1. The Hall–Kier alpha value is -3.02.